The number of carbonyl (C=O) groups is 2. The molecule has 0 fully saturated rings. The zero-order valence-corrected chi connectivity index (χ0v) is 19.7. The molecule has 176 valence electrons. The van der Waals surface area contributed by atoms with Gasteiger partial charge in [-0.3, -0.25) is 9.59 Å². The van der Waals surface area contributed by atoms with E-state index in [4.69, 9.17) is 4.74 Å². The predicted molar refractivity (Wildman–Crippen MR) is 140 cm³/mol. The Bertz CT molecular complexity index is 1260. The van der Waals surface area contributed by atoms with Gasteiger partial charge in [-0.2, -0.15) is 0 Å². The van der Waals surface area contributed by atoms with Crippen LogP contribution >= 0.6 is 0 Å². The molecule has 35 heavy (non-hydrogen) atoms. The summed E-state index contributed by atoms with van der Waals surface area (Å²) in [6.07, 6.45) is 0.754. The van der Waals surface area contributed by atoms with E-state index >= 15 is 0 Å². The normalized spacial score (nSPS) is 10.4. The van der Waals surface area contributed by atoms with Crippen molar-refractivity contribution in [1.29, 1.82) is 0 Å². The largest absolute Gasteiger partial charge is 0.492 e. The number of rotatable bonds is 9. The molecule has 0 aliphatic carbocycles. The highest BCUT2D eigenvalue weighted by Crippen LogP contribution is 2.22. The maximum Gasteiger partial charge on any atom is 0.259 e. The molecule has 0 aromatic heterocycles. The van der Waals surface area contributed by atoms with Crippen molar-refractivity contribution in [3.63, 3.8) is 0 Å². The van der Waals surface area contributed by atoms with Crippen LogP contribution in [0, 0.1) is 0 Å². The van der Waals surface area contributed by atoms with Crippen LogP contribution in [-0.4, -0.2) is 25.0 Å². The van der Waals surface area contributed by atoms with Crippen LogP contribution in [0.15, 0.2) is 109 Å². The fourth-order valence-corrected chi connectivity index (χ4v) is 3.81. The number of hydrogen-bond acceptors (Lipinski definition) is 3. The fraction of sp³-hybridized carbons (Fsp3) is 0.133. The van der Waals surface area contributed by atoms with Gasteiger partial charge in [0.2, 0.25) is 0 Å². The molecule has 0 atom stereocenters. The maximum atomic E-state index is 13.0. The lowest BCUT2D eigenvalue weighted by Crippen LogP contribution is -2.30. The molecule has 0 radical (unpaired) electrons. The summed E-state index contributed by atoms with van der Waals surface area (Å²) >= 11 is 0. The van der Waals surface area contributed by atoms with Crippen LogP contribution in [0.4, 0.5) is 11.4 Å². The molecule has 5 nitrogen and oxygen atoms in total. The molecule has 0 heterocycles. The van der Waals surface area contributed by atoms with E-state index < -0.39 is 0 Å². The first-order valence-corrected chi connectivity index (χ1v) is 11.7. The molecule has 4 aromatic carbocycles. The molecule has 0 unspecified atom stereocenters. The molecule has 0 bridgehead atoms. The van der Waals surface area contributed by atoms with Crippen LogP contribution in [0.3, 0.4) is 0 Å². The summed E-state index contributed by atoms with van der Waals surface area (Å²) in [6.45, 7) is 2.97. The lowest BCUT2D eigenvalue weighted by molar-refractivity contribution is 0.0987. The minimum absolute atomic E-state index is 0.0891. The lowest BCUT2D eigenvalue weighted by atomic mass is 10.1. The summed E-state index contributed by atoms with van der Waals surface area (Å²) in [5.41, 5.74) is 3.65. The van der Waals surface area contributed by atoms with Crippen molar-refractivity contribution < 1.29 is 14.3 Å². The quantitative estimate of drug-likeness (QED) is 0.320. The third-order valence-corrected chi connectivity index (χ3v) is 5.64. The van der Waals surface area contributed by atoms with Crippen LogP contribution in [0.2, 0.25) is 0 Å². The van der Waals surface area contributed by atoms with E-state index in [2.05, 4.69) is 17.4 Å². The highest BCUT2D eigenvalue weighted by Gasteiger charge is 2.17. The van der Waals surface area contributed by atoms with Crippen molar-refractivity contribution in [3.8, 4) is 5.75 Å². The van der Waals surface area contributed by atoms with E-state index in [9.17, 15) is 9.59 Å². The molecule has 0 saturated heterocycles. The van der Waals surface area contributed by atoms with Crippen molar-refractivity contribution in [2.45, 2.75) is 13.3 Å². The zero-order chi connectivity index (χ0) is 24.5. The lowest BCUT2D eigenvalue weighted by Gasteiger charge is -2.21. The average molecular weight is 465 g/mol. The van der Waals surface area contributed by atoms with Crippen LogP contribution in [0.25, 0.3) is 0 Å². The van der Waals surface area contributed by atoms with Gasteiger partial charge in [0, 0.05) is 29.9 Å². The third kappa shape index (κ3) is 6.15. The molecule has 5 heteroatoms. The number of para-hydroxylation sites is 2. The van der Waals surface area contributed by atoms with Crippen molar-refractivity contribution in [3.05, 3.63) is 126 Å². The molecule has 0 aliphatic heterocycles. The number of anilines is 2. The van der Waals surface area contributed by atoms with Gasteiger partial charge in [-0.15, -0.1) is 0 Å². The molecule has 2 amide bonds. The fourth-order valence-electron chi connectivity index (χ4n) is 3.81. The van der Waals surface area contributed by atoms with Crippen LogP contribution in [0.1, 0.15) is 33.2 Å². The number of nitrogens with zero attached hydrogens (tertiary/aromatic N) is 1. The number of amides is 2. The second-order valence-electron chi connectivity index (χ2n) is 8.00. The Balaban J connectivity index is 1.40. The Morgan fingerprint density at radius 1 is 0.771 bits per heavy atom. The number of benzene rings is 4. The summed E-state index contributed by atoms with van der Waals surface area (Å²) < 4.78 is 5.92. The average Bonchev–Trinajstić information content (AvgIpc) is 2.91. The standard InChI is InChI=1S/C30H28N2O3/c1-2-32(26-13-7-4-8-14-26)30(34)24-17-19-25(20-18-24)31-29(33)27-15-9-10-16-28(27)35-22-21-23-11-5-3-6-12-23/h3-20H,2,21-22H2,1H3,(H,31,33). The van der Waals surface area contributed by atoms with Gasteiger partial charge >= 0.3 is 0 Å². The van der Waals surface area contributed by atoms with Crippen molar-refractivity contribution in [2.75, 3.05) is 23.4 Å². The summed E-state index contributed by atoms with van der Waals surface area (Å²) in [5.74, 6) is 0.182. The molecular weight excluding hydrogens is 436 g/mol. The van der Waals surface area contributed by atoms with E-state index in [0.29, 0.717) is 35.7 Å². The smallest absolute Gasteiger partial charge is 0.259 e. The van der Waals surface area contributed by atoms with E-state index in [1.54, 1.807) is 41.3 Å². The van der Waals surface area contributed by atoms with Crippen LogP contribution in [0.5, 0.6) is 5.75 Å². The van der Waals surface area contributed by atoms with E-state index in [1.807, 2.05) is 67.6 Å². The van der Waals surface area contributed by atoms with Gasteiger partial charge in [0.15, 0.2) is 0 Å². The topological polar surface area (TPSA) is 58.6 Å². The number of carbonyl (C=O) groups excluding carboxylic acids is 2. The van der Waals surface area contributed by atoms with Crippen LogP contribution < -0.4 is 15.0 Å². The summed E-state index contributed by atoms with van der Waals surface area (Å²) in [4.78, 5) is 27.7. The minimum Gasteiger partial charge on any atom is -0.492 e. The highest BCUT2D eigenvalue weighted by atomic mass is 16.5. The zero-order valence-electron chi connectivity index (χ0n) is 19.7. The Kier molecular flexibility index (Phi) is 7.92. The Morgan fingerprint density at radius 2 is 1.40 bits per heavy atom. The maximum absolute atomic E-state index is 13.0. The van der Waals surface area contributed by atoms with Crippen molar-refractivity contribution in [1.82, 2.24) is 0 Å². The third-order valence-electron chi connectivity index (χ3n) is 5.64. The summed E-state index contributed by atoms with van der Waals surface area (Å²) in [5, 5.41) is 2.90. The Hall–Kier alpha value is -4.38. The van der Waals surface area contributed by atoms with Gasteiger partial charge in [-0.05, 0) is 61.0 Å². The first-order valence-electron chi connectivity index (χ1n) is 11.7. The summed E-state index contributed by atoms with van der Waals surface area (Å²) in [6, 6.07) is 33.8. The first-order chi connectivity index (χ1) is 17.2. The monoisotopic (exact) mass is 464 g/mol. The molecule has 1 N–H and O–H groups in total. The predicted octanol–water partition coefficient (Wildman–Crippen LogP) is 6.23. The number of ether oxygens (including phenoxy) is 1. The molecule has 0 spiro atoms. The van der Waals surface area contributed by atoms with E-state index in [1.165, 1.54) is 5.56 Å². The van der Waals surface area contributed by atoms with E-state index in [0.717, 1.165) is 12.1 Å². The number of nitrogens with one attached hydrogen (secondary N) is 1. The summed E-state index contributed by atoms with van der Waals surface area (Å²) in [7, 11) is 0. The molecule has 4 aromatic rings. The Labute approximate surface area is 206 Å². The van der Waals surface area contributed by atoms with Crippen molar-refractivity contribution >= 4 is 23.2 Å². The highest BCUT2D eigenvalue weighted by molar-refractivity contribution is 6.08. The molecule has 4 rings (SSSR count). The Morgan fingerprint density at radius 3 is 2.09 bits per heavy atom. The van der Waals surface area contributed by atoms with Gasteiger partial charge in [-0.1, -0.05) is 60.7 Å². The number of hydrogen-bond donors (Lipinski definition) is 1. The minimum atomic E-state index is -0.265. The van der Waals surface area contributed by atoms with Gasteiger partial charge in [0.25, 0.3) is 11.8 Å². The molecular formula is C30H28N2O3. The second kappa shape index (κ2) is 11.7. The van der Waals surface area contributed by atoms with Crippen LogP contribution in [-0.2, 0) is 6.42 Å². The van der Waals surface area contributed by atoms with Gasteiger partial charge < -0.3 is 15.0 Å². The van der Waals surface area contributed by atoms with Crippen molar-refractivity contribution in [2.24, 2.45) is 0 Å². The second-order valence-corrected chi connectivity index (χ2v) is 8.00. The van der Waals surface area contributed by atoms with Gasteiger partial charge in [-0.25, -0.2) is 0 Å². The first kappa shape index (κ1) is 23.8. The van der Waals surface area contributed by atoms with E-state index in [-0.39, 0.29) is 11.8 Å². The molecule has 0 aliphatic rings. The van der Waals surface area contributed by atoms with Gasteiger partial charge in [0.1, 0.15) is 5.75 Å². The van der Waals surface area contributed by atoms with Gasteiger partial charge in [0.05, 0.1) is 12.2 Å². The molecule has 0 saturated carbocycles. The SMILES string of the molecule is CCN(C(=O)c1ccc(NC(=O)c2ccccc2OCCc2ccccc2)cc1)c1ccccc1.